The fourth-order valence-corrected chi connectivity index (χ4v) is 2.86. The van der Waals surface area contributed by atoms with Crippen LogP contribution in [0.2, 0.25) is 0 Å². The summed E-state index contributed by atoms with van der Waals surface area (Å²) < 4.78 is 11.0. The van der Waals surface area contributed by atoms with Crippen LogP contribution in [0.1, 0.15) is 42.0 Å². The molecule has 0 spiro atoms. The lowest BCUT2D eigenvalue weighted by Crippen LogP contribution is -2.25. The maximum atomic E-state index is 12.2. The summed E-state index contributed by atoms with van der Waals surface area (Å²) in [5.74, 6) is 0.134. The highest BCUT2D eigenvalue weighted by molar-refractivity contribution is 6.01. The largest absolute Gasteiger partial charge is 0.481 e. The molecule has 2 aromatic carbocycles. The number of rotatable bonds is 9. The molecule has 0 bridgehead atoms. The Morgan fingerprint density at radius 2 is 1.74 bits per heavy atom. The summed E-state index contributed by atoms with van der Waals surface area (Å²) in [4.78, 5) is 24.2. The number of nitriles is 1. The predicted molar refractivity (Wildman–Crippen MR) is 120 cm³/mol. The van der Waals surface area contributed by atoms with Gasteiger partial charge in [0.15, 0.2) is 6.61 Å². The van der Waals surface area contributed by atoms with E-state index in [-0.39, 0.29) is 12.2 Å². The Hall–Kier alpha value is -3.59. The van der Waals surface area contributed by atoms with Crippen LogP contribution < -0.4 is 14.8 Å². The summed E-state index contributed by atoms with van der Waals surface area (Å²) >= 11 is 0. The highest BCUT2D eigenvalue weighted by Gasteiger charge is 2.12. The van der Waals surface area contributed by atoms with Crippen molar-refractivity contribution in [2.75, 3.05) is 13.2 Å². The van der Waals surface area contributed by atoms with Gasteiger partial charge in [-0.1, -0.05) is 37.6 Å². The number of aryl methyl sites for hydroxylation is 2. The second kappa shape index (κ2) is 11.6. The van der Waals surface area contributed by atoms with Crippen LogP contribution in [0.15, 0.2) is 42.0 Å². The van der Waals surface area contributed by atoms with Gasteiger partial charge < -0.3 is 14.8 Å². The maximum absolute atomic E-state index is 12.2. The molecule has 0 aliphatic rings. The molecule has 0 unspecified atom stereocenters. The molecule has 2 rings (SSSR count). The molecular formula is C25H28N2O4. The van der Waals surface area contributed by atoms with Gasteiger partial charge in [0, 0.05) is 6.54 Å². The smallest absolute Gasteiger partial charge is 0.349 e. The number of carbonyl (C=O) groups is 2. The Kier molecular flexibility index (Phi) is 8.83. The van der Waals surface area contributed by atoms with Gasteiger partial charge in [-0.2, -0.15) is 5.26 Å². The average Bonchev–Trinajstić information content (AvgIpc) is 2.76. The van der Waals surface area contributed by atoms with Crippen molar-refractivity contribution < 1.29 is 19.1 Å². The van der Waals surface area contributed by atoms with Gasteiger partial charge in [-0.15, -0.1) is 0 Å². The standard InChI is InChI=1S/C25H28N2O4/c1-5-6-13-27-25(29)21(15-26)14-20-9-11-22(12-10-20)31-23(28)16-30-24-18(3)8-7-17(2)19(24)4/h7-12,14H,5-6,13,16H2,1-4H3,(H,27,29)/b21-14+. The lowest BCUT2D eigenvalue weighted by atomic mass is 10.1. The lowest BCUT2D eigenvalue weighted by Gasteiger charge is -2.13. The van der Waals surface area contributed by atoms with Gasteiger partial charge in [0.2, 0.25) is 0 Å². The van der Waals surface area contributed by atoms with E-state index in [1.165, 1.54) is 6.08 Å². The van der Waals surface area contributed by atoms with Crippen molar-refractivity contribution in [3.05, 3.63) is 64.2 Å². The number of ether oxygens (including phenoxy) is 2. The van der Waals surface area contributed by atoms with Gasteiger partial charge >= 0.3 is 5.97 Å². The van der Waals surface area contributed by atoms with E-state index < -0.39 is 11.9 Å². The highest BCUT2D eigenvalue weighted by atomic mass is 16.6. The van der Waals surface area contributed by atoms with Crippen molar-refractivity contribution in [2.24, 2.45) is 0 Å². The number of amides is 1. The molecule has 162 valence electrons. The number of esters is 1. The molecular weight excluding hydrogens is 392 g/mol. The summed E-state index contributed by atoms with van der Waals surface area (Å²) in [6.45, 7) is 8.23. The fraction of sp³-hybridized carbons (Fsp3) is 0.320. The van der Waals surface area contributed by atoms with Gasteiger partial charge in [0.05, 0.1) is 0 Å². The molecule has 0 saturated heterocycles. The third-order valence-corrected chi connectivity index (χ3v) is 4.81. The molecule has 2 aromatic rings. The first-order valence-corrected chi connectivity index (χ1v) is 10.3. The first-order chi connectivity index (χ1) is 14.8. The monoisotopic (exact) mass is 420 g/mol. The number of benzene rings is 2. The summed E-state index contributed by atoms with van der Waals surface area (Å²) in [5.41, 5.74) is 3.73. The van der Waals surface area contributed by atoms with Crippen LogP contribution in [0.25, 0.3) is 6.08 Å². The quantitative estimate of drug-likeness (QED) is 0.213. The Balaban J connectivity index is 1.96. The van der Waals surface area contributed by atoms with Crippen LogP contribution in [0.4, 0.5) is 0 Å². The number of carbonyl (C=O) groups excluding carboxylic acids is 2. The Labute approximate surface area is 183 Å². The van der Waals surface area contributed by atoms with Gasteiger partial charge in [-0.05, 0) is 67.7 Å². The number of nitrogens with one attached hydrogen (secondary N) is 1. The van der Waals surface area contributed by atoms with Gasteiger partial charge in [-0.25, -0.2) is 4.79 Å². The van der Waals surface area contributed by atoms with Crippen molar-refractivity contribution in [3.8, 4) is 17.6 Å². The number of unbranched alkanes of at least 4 members (excludes halogenated alkanes) is 1. The van der Waals surface area contributed by atoms with Crippen molar-refractivity contribution in [3.63, 3.8) is 0 Å². The minimum Gasteiger partial charge on any atom is -0.481 e. The van der Waals surface area contributed by atoms with Crippen molar-refractivity contribution in [1.82, 2.24) is 5.32 Å². The van der Waals surface area contributed by atoms with Gasteiger partial charge in [0.1, 0.15) is 23.1 Å². The number of hydrogen-bond donors (Lipinski definition) is 1. The Morgan fingerprint density at radius 3 is 2.39 bits per heavy atom. The minimum atomic E-state index is -0.517. The second-order valence-corrected chi connectivity index (χ2v) is 7.26. The van der Waals surface area contributed by atoms with Crippen molar-refractivity contribution >= 4 is 18.0 Å². The summed E-state index contributed by atoms with van der Waals surface area (Å²) in [5, 5.41) is 12.0. The lowest BCUT2D eigenvalue weighted by molar-refractivity contribution is -0.136. The van der Waals surface area contributed by atoms with Crippen LogP contribution in [-0.4, -0.2) is 25.0 Å². The molecule has 0 aliphatic heterocycles. The molecule has 0 heterocycles. The molecule has 0 fully saturated rings. The molecule has 0 radical (unpaired) electrons. The molecule has 6 nitrogen and oxygen atoms in total. The molecule has 1 N–H and O–H groups in total. The fourth-order valence-electron chi connectivity index (χ4n) is 2.86. The molecule has 0 saturated carbocycles. The zero-order valence-corrected chi connectivity index (χ0v) is 18.5. The van der Waals surface area contributed by atoms with E-state index in [0.717, 1.165) is 29.5 Å². The van der Waals surface area contributed by atoms with Crippen molar-refractivity contribution in [2.45, 2.75) is 40.5 Å². The molecule has 0 atom stereocenters. The van der Waals surface area contributed by atoms with E-state index in [4.69, 9.17) is 9.47 Å². The zero-order valence-electron chi connectivity index (χ0n) is 18.5. The maximum Gasteiger partial charge on any atom is 0.349 e. The molecule has 0 aromatic heterocycles. The van der Waals surface area contributed by atoms with E-state index in [2.05, 4.69) is 5.32 Å². The van der Waals surface area contributed by atoms with Crippen LogP contribution in [0.3, 0.4) is 0 Å². The average molecular weight is 421 g/mol. The van der Waals surface area contributed by atoms with E-state index >= 15 is 0 Å². The second-order valence-electron chi connectivity index (χ2n) is 7.26. The van der Waals surface area contributed by atoms with E-state index in [9.17, 15) is 14.9 Å². The van der Waals surface area contributed by atoms with Crippen LogP contribution in [0.5, 0.6) is 11.5 Å². The first kappa shape index (κ1) is 23.7. The molecule has 31 heavy (non-hydrogen) atoms. The predicted octanol–water partition coefficient (Wildman–Crippen LogP) is 4.42. The highest BCUT2D eigenvalue weighted by Crippen LogP contribution is 2.25. The van der Waals surface area contributed by atoms with E-state index in [0.29, 0.717) is 23.6 Å². The normalized spacial score (nSPS) is 10.9. The van der Waals surface area contributed by atoms with Gasteiger partial charge in [0.25, 0.3) is 5.91 Å². The third-order valence-electron chi connectivity index (χ3n) is 4.81. The van der Waals surface area contributed by atoms with Gasteiger partial charge in [-0.3, -0.25) is 4.79 Å². The Morgan fingerprint density at radius 1 is 1.06 bits per heavy atom. The SMILES string of the molecule is CCCCNC(=O)/C(C#N)=C/c1ccc(OC(=O)COc2c(C)ccc(C)c2C)cc1. The first-order valence-electron chi connectivity index (χ1n) is 10.3. The Bertz CT molecular complexity index is 1000. The van der Waals surface area contributed by atoms with Crippen LogP contribution >= 0.6 is 0 Å². The van der Waals surface area contributed by atoms with Crippen LogP contribution in [0, 0.1) is 32.1 Å². The van der Waals surface area contributed by atoms with E-state index in [1.807, 2.05) is 45.9 Å². The molecule has 0 aliphatic carbocycles. The summed E-state index contributed by atoms with van der Waals surface area (Å²) in [7, 11) is 0. The van der Waals surface area contributed by atoms with Crippen molar-refractivity contribution in [1.29, 1.82) is 5.26 Å². The minimum absolute atomic E-state index is 0.0261. The third kappa shape index (κ3) is 7.00. The topological polar surface area (TPSA) is 88.4 Å². The zero-order chi connectivity index (χ0) is 22.8. The summed E-state index contributed by atoms with van der Waals surface area (Å²) in [6.07, 6.45) is 3.32. The molecule has 6 heteroatoms. The van der Waals surface area contributed by atoms with Crippen LogP contribution in [-0.2, 0) is 9.59 Å². The van der Waals surface area contributed by atoms with E-state index in [1.54, 1.807) is 24.3 Å². The number of hydrogen-bond acceptors (Lipinski definition) is 5. The number of nitrogens with zero attached hydrogens (tertiary/aromatic N) is 1. The molecule has 1 amide bonds. The summed E-state index contributed by atoms with van der Waals surface area (Å²) in [6, 6.07) is 12.4.